The lowest BCUT2D eigenvalue weighted by Crippen LogP contribution is -2.48. The highest BCUT2D eigenvalue weighted by molar-refractivity contribution is 9.09. The smallest absolute Gasteiger partial charge is 0.302 e. The van der Waals surface area contributed by atoms with Gasteiger partial charge < -0.3 is 4.74 Å². The van der Waals surface area contributed by atoms with Crippen LogP contribution in [0.4, 0.5) is 0 Å². The molecule has 122 valence electrons. The Kier molecular flexibility index (Phi) is 4.26. The minimum absolute atomic E-state index is 0.0412. The zero-order valence-electron chi connectivity index (χ0n) is 13.7. The number of alkyl halides is 1. The molecule has 0 saturated heterocycles. The van der Waals surface area contributed by atoms with Crippen LogP contribution in [0.15, 0.2) is 11.1 Å². The number of carbonyl (C=O) groups is 2. The molecule has 0 aliphatic heterocycles. The number of allylic oxidation sites excluding steroid dienone is 2. The Morgan fingerprint density at radius 3 is 2.73 bits per heavy atom. The first-order valence-electron chi connectivity index (χ1n) is 8.46. The summed E-state index contributed by atoms with van der Waals surface area (Å²) in [7, 11) is 0. The number of hydrogen-bond donors (Lipinski definition) is 0. The molecule has 0 bridgehead atoms. The van der Waals surface area contributed by atoms with Crippen LogP contribution in [-0.4, -0.2) is 22.7 Å². The van der Waals surface area contributed by atoms with Crippen LogP contribution in [-0.2, 0) is 14.3 Å². The van der Waals surface area contributed by atoms with E-state index in [1.54, 1.807) is 0 Å². The number of Topliss-reactive ketones (excluding diaryl/α,β-unsaturated/α-hetero) is 1. The predicted molar refractivity (Wildman–Crippen MR) is 88.8 cm³/mol. The molecule has 0 heterocycles. The van der Waals surface area contributed by atoms with E-state index in [1.165, 1.54) is 12.5 Å². The zero-order chi connectivity index (χ0) is 16.1. The van der Waals surface area contributed by atoms with Crippen molar-refractivity contribution in [3.8, 4) is 0 Å². The van der Waals surface area contributed by atoms with Gasteiger partial charge in [0, 0.05) is 23.6 Å². The Morgan fingerprint density at radius 1 is 1.36 bits per heavy atom. The number of ether oxygens (including phenoxy) is 1. The highest BCUT2D eigenvalue weighted by Crippen LogP contribution is 2.62. The van der Waals surface area contributed by atoms with Crippen LogP contribution in [0.2, 0.25) is 0 Å². The first-order valence-corrected chi connectivity index (χ1v) is 9.37. The van der Waals surface area contributed by atoms with Crippen molar-refractivity contribution in [2.45, 2.75) is 70.2 Å². The zero-order valence-corrected chi connectivity index (χ0v) is 15.2. The molecule has 4 heteroatoms. The Bertz CT molecular complexity index is 538. The topological polar surface area (TPSA) is 43.4 Å². The van der Waals surface area contributed by atoms with Crippen LogP contribution in [0.1, 0.15) is 59.3 Å². The third-order valence-electron chi connectivity index (χ3n) is 6.40. The van der Waals surface area contributed by atoms with Gasteiger partial charge in [0.25, 0.3) is 0 Å². The van der Waals surface area contributed by atoms with E-state index in [4.69, 9.17) is 4.74 Å². The lowest BCUT2D eigenvalue weighted by atomic mass is 9.56. The van der Waals surface area contributed by atoms with Gasteiger partial charge in [-0.3, -0.25) is 9.59 Å². The van der Waals surface area contributed by atoms with Crippen molar-refractivity contribution in [2.75, 3.05) is 0 Å². The normalized spacial score (nSPS) is 41.2. The molecule has 5 atom stereocenters. The summed E-state index contributed by atoms with van der Waals surface area (Å²) in [5, 5.41) is 0. The third-order valence-corrected chi connectivity index (χ3v) is 7.22. The van der Waals surface area contributed by atoms with Crippen LogP contribution < -0.4 is 0 Å². The van der Waals surface area contributed by atoms with Crippen molar-refractivity contribution in [1.82, 2.24) is 0 Å². The van der Waals surface area contributed by atoms with Gasteiger partial charge in [0.2, 0.25) is 0 Å². The fraction of sp³-hybridized carbons (Fsp3) is 0.778. The molecule has 0 aromatic carbocycles. The molecule has 0 amide bonds. The molecule has 3 unspecified atom stereocenters. The van der Waals surface area contributed by atoms with Crippen molar-refractivity contribution in [3.05, 3.63) is 11.1 Å². The number of halogens is 1. The number of fused-ring (bicyclic) bond motifs is 3. The molecule has 3 rings (SSSR count). The van der Waals surface area contributed by atoms with Crippen molar-refractivity contribution < 1.29 is 14.3 Å². The van der Waals surface area contributed by atoms with Crippen molar-refractivity contribution >= 4 is 27.7 Å². The van der Waals surface area contributed by atoms with E-state index in [-0.39, 0.29) is 22.3 Å². The minimum Gasteiger partial charge on any atom is -0.462 e. The first-order chi connectivity index (χ1) is 10.4. The van der Waals surface area contributed by atoms with Crippen LogP contribution in [0.25, 0.3) is 0 Å². The summed E-state index contributed by atoms with van der Waals surface area (Å²) in [5.41, 5.74) is 2.40. The van der Waals surface area contributed by atoms with Gasteiger partial charge in [-0.1, -0.05) is 22.9 Å². The van der Waals surface area contributed by atoms with E-state index in [0.29, 0.717) is 24.0 Å². The van der Waals surface area contributed by atoms with Crippen LogP contribution in [0.3, 0.4) is 0 Å². The molecule has 2 fully saturated rings. The van der Waals surface area contributed by atoms with E-state index < -0.39 is 0 Å². The van der Waals surface area contributed by atoms with Gasteiger partial charge in [-0.25, -0.2) is 0 Å². The Hall–Kier alpha value is -0.640. The molecule has 3 aliphatic carbocycles. The average Bonchev–Trinajstić information content (AvgIpc) is 2.81. The molecule has 22 heavy (non-hydrogen) atoms. The van der Waals surface area contributed by atoms with Gasteiger partial charge in [0.1, 0.15) is 6.10 Å². The van der Waals surface area contributed by atoms with E-state index in [0.717, 1.165) is 37.7 Å². The Morgan fingerprint density at radius 2 is 2.09 bits per heavy atom. The molecule has 3 nitrogen and oxygen atoms in total. The SMILES string of the molecule is CC[C@@]12CC(Br)C3=C(C)C(=O)CCC3C1CC[C@H]2OC(C)=O. The summed E-state index contributed by atoms with van der Waals surface area (Å²) in [6.45, 7) is 5.74. The second kappa shape index (κ2) is 5.77. The van der Waals surface area contributed by atoms with Gasteiger partial charge in [-0.05, 0) is 62.0 Å². The van der Waals surface area contributed by atoms with Gasteiger partial charge in [-0.15, -0.1) is 0 Å². The van der Waals surface area contributed by atoms with Gasteiger partial charge in [0.05, 0.1) is 0 Å². The molecule has 2 saturated carbocycles. The first kappa shape index (κ1) is 16.2. The quantitative estimate of drug-likeness (QED) is 0.542. The number of hydrogen-bond acceptors (Lipinski definition) is 3. The number of rotatable bonds is 2. The summed E-state index contributed by atoms with van der Waals surface area (Å²) >= 11 is 3.85. The standard InChI is InChI=1S/C18H25BrO3/c1-4-18-9-14(19)17-10(2)15(21)7-5-12(17)13(18)6-8-16(18)22-11(3)20/h12-14,16H,4-9H2,1-3H3/t12?,13?,14?,16-,18-/m1/s1. The number of esters is 1. The molecule has 0 N–H and O–H groups in total. The highest BCUT2D eigenvalue weighted by Gasteiger charge is 2.58. The lowest BCUT2D eigenvalue weighted by Gasteiger charge is -2.51. The highest BCUT2D eigenvalue weighted by atomic mass is 79.9. The number of ketones is 1. The van der Waals surface area contributed by atoms with Crippen LogP contribution >= 0.6 is 15.9 Å². The average molecular weight is 369 g/mol. The maximum Gasteiger partial charge on any atom is 0.302 e. The predicted octanol–water partition coefficient (Wildman–Crippen LogP) is 4.19. The molecule has 0 aromatic heterocycles. The van der Waals surface area contributed by atoms with Crippen LogP contribution in [0.5, 0.6) is 0 Å². The maximum absolute atomic E-state index is 12.1. The lowest BCUT2D eigenvalue weighted by molar-refractivity contribution is -0.154. The molecular weight excluding hydrogens is 344 g/mol. The molecule has 0 spiro atoms. The monoisotopic (exact) mass is 368 g/mol. The third kappa shape index (κ3) is 2.29. The van der Waals surface area contributed by atoms with Gasteiger partial charge in [-0.2, -0.15) is 0 Å². The fourth-order valence-electron chi connectivity index (χ4n) is 5.44. The molecule has 0 aromatic rings. The van der Waals surface area contributed by atoms with Crippen molar-refractivity contribution in [2.24, 2.45) is 17.3 Å². The molecular formula is C18H25BrO3. The van der Waals surface area contributed by atoms with Gasteiger partial charge >= 0.3 is 5.97 Å². The molecule has 3 aliphatic rings. The summed E-state index contributed by atoms with van der Waals surface area (Å²) < 4.78 is 5.71. The van der Waals surface area contributed by atoms with Crippen LogP contribution in [0, 0.1) is 17.3 Å². The summed E-state index contributed by atoms with van der Waals surface area (Å²) in [5.74, 6) is 1.18. The summed E-state index contributed by atoms with van der Waals surface area (Å²) in [6.07, 6.45) is 5.77. The largest absolute Gasteiger partial charge is 0.462 e. The second-order valence-electron chi connectivity index (χ2n) is 7.19. The van der Waals surface area contributed by atoms with E-state index in [9.17, 15) is 9.59 Å². The van der Waals surface area contributed by atoms with E-state index >= 15 is 0 Å². The van der Waals surface area contributed by atoms with E-state index in [1.807, 2.05) is 6.92 Å². The van der Waals surface area contributed by atoms with Gasteiger partial charge in [0.15, 0.2) is 5.78 Å². The van der Waals surface area contributed by atoms with Crippen molar-refractivity contribution in [3.63, 3.8) is 0 Å². The second-order valence-corrected chi connectivity index (χ2v) is 8.29. The number of carbonyl (C=O) groups excluding carboxylic acids is 2. The Balaban J connectivity index is 2.00. The Labute approximate surface area is 141 Å². The van der Waals surface area contributed by atoms with E-state index in [2.05, 4.69) is 22.9 Å². The summed E-state index contributed by atoms with van der Waals surface area (Å²) in [6, 6.07) is 0. The summed E-state index contributed by atoms with van der Waals surface area (Å²) in [4.78, 5) is 23.8. The molecule has 0 radical (unpaired) electrons. The van der Waals surface area contributed by atoms with Crippen molar-refractivity contribution in [1.29, 1.82) is 0 Å². The fourth-order valence-corrected chi connectivity index (χ4v) is 6.72. The minimum atomic E-state index is -0.166. The maximum atomic E-state index is 12.1.